The van der Waals surface area contributed by atoms with Crippen LogP contribution in [-0.2, 0) is 4.79 Å². The first kappa shape index (κ1) is 15.9. The first-order chi connectivity index (χ1) is 9.61. The van der Waals surface area contributed by atoms with Crippen molar-refractivity contribution in [3.63, 3.8) is 0 Å². The molecule has 0 aromatic heterocycles. The number of thioether (sulfide) groups is 2. The number of rotatable bonds is 5. The van der Waals surface area contributed by atoms with E-state index in [1.165, 1.54) is 11.8 Å². The molecule has 0 unspecified atom stereocenters. The highest BCUT2D eigenvalue weighted by Gasteiger charge is 2.31. The van der Waals surface area contributed by atoms with Gasteiger partial charge < -0.3 is 0 Å². The summed E-state index contributed by atoms with van der Waals surface area (Å²) in [5.41, 5.74) is 0.957. The highest BCUT2D eigenvalue weighted by Crippen LogP contribution is 2.32. The molecule has 2 nitrogen and oxygen atoms in total. The number of benzene rings is 1. The third-order valence-corrected chi connectivity index (χ3v) is 5.10. The molecule has 1 aromatic rings. The van der Waals surface area contributed by atoms with Gasteiger partial charge in [-0.3, -0.25) is 9.69 Å². The van der Waals surface area contributed by atoms with Gasteiger partial charge in [-0.2, -0.15) is 11.8 Å². The molecule has 2 rings (SSSR count). The van der Waals surface area contributed by atoms with E-state index in [4.69, 9.17) is 23.8 Å². The maximum Gasteiger partial charge on any atom is 0.266 e. The molecule has 1 aliphatic rings. The highest BCUT2D eigenvalue weighted by molar-refractivity contribution is 8.26. The van der Waals surface area contributed by atoms with E-state index < -0.39 is 0 Å². The maximum absolute atomic E-state index is 12.3. The van der Waals surface area contributed by atoms with Gasteiger partial charge in [-0.1, -0.05) is 47.7 Å². The average Bonchev–Trinajstić information content (AvgIpc) is 2.69. The van der Waals surface area contributed by atoms with Crippen LogP contribution >= 0.6 is 47.3 Å². The second-order valence-electron chi connectivity index (χ2n) is 4.23. The average molecular weight is 344 g/mol. The number of halogens is 1. The Morgan fingerprint density at radius 2 is 2.10 bits per heavy atom. The van der Waals surface area contributed by atoms with E-state index in [0.29, 0.717) is 20.8 Å². The lowest BCUT2D eigenvalue weighted by molar-refractivity contribution is -0.122. The highest BCUT2D eigenvalue weighted by atomic mass is 35.5. The quantitative estimate of drug-likeness (QED) is 0.451. The second kappa shape index (κ2) is 7.50. The summed E-state index contributed by atoms with van der Waals surface area (Å²) < 4.78 is 0.649. The summed E-state index contributed by atoms with van der Waals surface area (Å²) in [5.74, 6) is 1.05. The molecule has 1 saturated heterocycles. The summed E-state index contributed by atoms with van der Waals surface area (Å²) in [4.78, 5) is 14.7. The van der Waals surface area contributed by atoms with Crippen molar-refractivity contribution in [2.75, 3.05) is 18.6 Å². The minimum Gasteiger partial charge on any atom is -0.293 e. The fourth-order valence-electron chi connectivity index (χ4n) is 1.77. The second-order valence-corrected chi connectivity index (χ2v) is 7.33. The van der Waals surface area contributed by atoms with Gasteiger partial charge in [-0.05, 0) is 42.2 Å². The number of hydrogen-bond donors (Lipinski definition) is 0. The van der Waals surface area contributed by atoms with E-state index in [0.717, 1.165) is 17.7 Å². The summed E-state index contributed by atoms with van der Waals surface area (Å²) in [5, 5.41) is 0.687. The van der Waals surface area contributed by atoms with Gasteiger partial charge in [-0.15, -0.1) is 0 Å². The predicted octanol–water partition coefficient (Wildman–Crippen LogP) is 4.29. The minimum absolute atomic E-state index is 0.0102. The summed E-state index contributed by atoms with van der Waals surface area (Å²) in [6, 6.07) is 7.41. The molecule has 0 bridgehead atoms. The molecule has 1 aliphatic heterocycles. The number of carbonyl (C=O) groups is 1. The molecule has 0 spiro atoms. The van der Waals surface area contributed by atoms with Crippen LogP contribution < -0.4 is 0 Å². The van der Waals surface area contributed by atoms with Crippen LogP contribution in [0, 0.1) is 0 Å². The van der Waals surface area contributed by atoms with E-state index >= 15 is 0 Å². The monoisotopic (exact) mass is 343 g/mol. The van der Waals surface area contributed by atoms with Gasteiger partial charge in [0.15, 0.2) is 0 Å². The lowest BCUT2D eigenvalue weighted by Gasteiger charge is -2.13. The Hall–Kier alpha value is -0.490. The fourth-order valence-corrected chi connectivity index (χ4v) is 3.62. The molecule has 106 valence electrons. The molecular formula is C14H14ClNOS3. The molecule has 0 atom stereocenters. The van der Waals surface area contributed by atoms with Crippen molar-refractivity contribution in [1.29, 1.82) is 0 Å². The van der Waals surface area contributed by atoms with E-state index in [9.17, 15) is 4.79 Å². The normalized spacial score (nSPS) is 17.3. The van der Waals surface area contributed by atoms with E-state index in [2.05, 4.69) is 6.26 Å². The predicted molar refractivity (Wildman–Crippen MR) is 94.3 cm³/mol. The van der Waals surface area contributed by atoms with Crippen LogP contribution in [0.15, 0.2) is 29.2 Å². The molecule has 1 amide bonds. The third-order valence-electron chi connectivity index (χ3n) is 2.77. The Balaban J connectivity index is 2.09. The maximum atomic E-state index is 12.3. The molecule has 1 fully saturated rings. The zero-order valence-electron chi connectivity index (χ0n) is 11.0. The molecule has 0 saturated carbocycles. The Kier molecular flexibility index (Phi) is 5.96. The zero-order valence-corrected chi connectivity index (χ0v) is 14.2. The van der Waals surface area contributed by atoms with Crippen molar-refractivity contribution in [3.8, 4) is 0 Å². The number of nitrogens with zero attached hydrogens (tertiary/aromatic N) is 1. The van der Waals surface area contributed by atoms with Gasteiger partial charge in [-0.25, -0.2) is 0 Å². The van der Waals surface area contributed by atoms with Crippen LogP contribution in [0.25, 0.3) is 6.08 Å². The van der Waals surface area contributed by atoms with Gasteiger partial charge in [0.25, 0.3) is 5.91 Å². The van der Waals surface area contributed by atoms with Crippen LogP contribution in [-0.4, -0.2) is 33.7 Å². The van der Waals surface area contributed by atoms with Crippen molar-refractivity contribution in [3.05, 3.63) is 39.8 Å². The summed E-state index contributed by atoms with van der Waals surface area (Å²) >= 11 is 14.3. The molecule has 0 aliphatic carbocycles. The van der Waals surface area contributed by atoms with Gasteiger partial charge in [0.2, 0.25) is 0 Å². The van der Waals surface area contributed by atoms with Gasteiger partial charge in [0.05, 0.1) is 4.91 Å². The van der Waals surface area contributed by atoms with E-state index in [1.54, 1.807) is 16.7 Å². The van der Waals surface area contributed by atoms with Gasteiger partial charge in [0.1, 0.15) is 4.32 Å². The van der Waals surface area contributed by atoms with Crippen molar-refractivity contribution in [1.82, 2.24) is 4.90 Å². The van der Waals surface area contributed by atoms with Crippen molar-refractivity contribution in [2.24, 2.45) is 0 Å². The number of thiocarbonyl (C=S) groups is 1. The number of carbonyl (C=O) groups excluding carboxylic acids is 1. The fraction of sp³-hybridized carbons (Fsp3) is 0.286. The van der Waals surface area contributed by atoms with Crippen LogP contribution in [0.4, 0.5) is 0 Å². The molecular weight excluding hydrogens is 330 g/mol. The van der Waals surface area contributed by atoms with Crippen molar-refractivity contribution < 1.29 is 4.79 Å². The first-order valence-electron chi connectivity index (χ1n) is 6.11. The Morgan fingerprint density at radius 3 is 2.75 bits per heavy atom. The van der Waals surface area contributed by atoms with Crippen LogP contribution in [0.1, 0.15) is 12.0 Å². The summed E-state index contributed by atoms with van der Waals surface area (Å²) in [6.07, 6.45) is 4.89. The van der Waals surface area contributed by atoms with Crippen LogP contribution in [0.5, 0.6) is 0 Å². The van der Waals surface area contributed by atoms with Gasteiger partial charge >= 0.3 is 0 Å². The largest absolute Gasteiger partial charge is 0.293 e. The summed E-state index contributed by atoms with van der Waals surface area (Å²) in [6.45, 7) is 0.698. The Morgan fingerprint density at radius 1 is 1.40 bits per heavy atom. The topological polar surface area (TPSA) is 20.3 Å². The van der Waals surface area contributed by atoms with E-state index in [1.807, 2.05) is 30.3 Å². The molecule has 0 N–H and O–H groups in total. The van der Waals surface area contributed by atoms with E-state index in [-0.39, 0.29) is 5.91 Å². The van der Waals surface area contributed by atoms with Crippen LogP contribution in [0.3, 0.4) is 0 Å². The number of amides is 1. The third kappa shape index (κ3) is 4.01. The molecule has 1 aromatic carbocycles. The lowest BCUT2D eigenvalue weighted by atomic mass is 10.2. The zero-order chi connectivity index (χ0) is 14.5. The standard InChI is InChI=1S/C14H14ClNOS3/c1-19-8-2-7-16-13(17)12(20-14(16)18)9-10-3-5-11(15)6-4-10/h3-6,9H,2,7-8H2,1H3/b12-9+. The number of hydrogen-bond acceptors (Lipinski definition) is 4. The Bertz CT molecular complexity index is 542. The van der Waals surface area contributed by atoms with Crippen LogP contribution in [0.2, 0.25) is 5.02 Å². The smallest absolute Gasteiger partial charge is 0.266 e. The summed E-state index contributed by atoms with van der Waals surface area (Å²) in [7, 11) is 0. The molecule has 20 heavy (non-hydrogen) atoms. The minimum atomic E-state index is 0.0102. The molecule has 6 heteroatoms. The molecule has 1 heterocycles. The Labute approximate surface area is 137 Å². The van der Waals surface area contributed by atoms with Crippen molar-refractivity contribution in [2.45, 2.75) is 6.42 Å². The van der Waals surface area contributed by atoms with Crippen molar-refractivity contribution >= 4 is 63.6 Å². The lowest BCUT2D eigenvalue weighted by Crippen LogP contribution is -2.29. The first-order valence-corrected chi connectivity index (χ1v) is 9.11. The SMILES string of the molecule is CSCCCN1C(=O)/C(=C\c2ccc(Cl)cc2)SC1=S. The molecule has 0 radical (unpaired) electrons. The van der Waals surface area contributed by atoms with Gasteiger partial charge in [0, 0.05) is 11.6 Å².